The lowest BCUT2D eigenvalue weighted by Crippen LogP contribution is -2.32. The normalized spacial score (nSPS) is 12.4. The van der Waals surface area contributed by atoms with E-state index in [9.17, 15) is 5.11 Å². The Balaban J connectivity index is 1.62. The molecule has 0 aliphatic carbocycles. The number of hydrazone groups is 1. The van der Waals surface area contributed by atoms with Crippen molar-refractivity contribution in [1.29, 1.82) is 0 Å². The Morgan fingerprint density at radius 3 is 2.39 bits per heavy atom. The van der Waals surface area contributed by atoms with Gasteiger partial charge >= 0.3 is 0 Å². The van der Waals surface area contributed by atoms with Gasteiger partial charge in [-0.3, -0.25) is 9.98 Å². The number of anilines is 2. The lowest BCUT2D eigenvalue weighted by molar-refractivity contribution is 0.466. The van der Waals surface area contributed by atoms with Gasteiger partial charge in [0.2, 0.25) is 0 Å². The summed E-state index contributed by atoms with van der Waals surface area (Å²) in [5.74, 6) is 6.83. The van der Waals surface area contributed by atoms with Crippen molar-refractivity contribution in [1.82, 2.24) is 10.1 Å². The SMILES string of the molecule is CN=C(/N=C(/C)C(C)C)N(N)/N=C/c1ccc(Nc2ccc(-c3cccc(O)c3)cc2)cn1. The molecular formula is C25H29N7O. The van der Waals surface area contributed by atoms with Crippen LogP contribution in [-0.4, -0.2) is 40.1 Å². The van der Waals surface area contributed by atoms with Crippen molar-refractivity contribution >= 4 is 29.3 Å². The molecule has 170 valence electrons. The van der Waals surface area contributed by atoms with Crippen molar-refractivity contribution in [2.75, 3.05) is 12.4 Å². The molecule has 0 aliphatic rings. The molecule has 0 fully saturated rings. The Labute approximate surface area is 194 Å². The zero-order chi connectivity index (χ0) is 23.8. The van der Waals surface area contributed by atoms with Crippen molar-refractivity contribution in [3.8, 4) is 16.9 Å². The zero-order valence-electron chi connectivity index (χ0n) is 19.3. The number of aromatic nitrogens is 1. The van der Waals surface area contributed by atoms with E-state index in [4.69, 9.17) is 5.84 Å². The van der Waals surface area contributed by atoms with Gasteiger partial charge in [0.25, 0.3) is 5.96 Å². The highest BCUT2D eigenvalue weighted by molar-refractivity contribution is 5.96. The lowest BCUT2D eigenvalue weighted by Gasteiger charge is -2.12. The number of nitrogens with zero attached hydrogens (tertiary/aromatic N) is 5. The van der Waals surface area contributed by atoms with Gasteiger partial charge in [-0.05, 0) is 60.4 Å². The maximum absolute atomic E-state index is 9.66. The predicted octanol–water partition coefficient (Wildman–Crippen LogP) is 4.81. The highest BCUT2D eigenvalue weighted by Gasteiger charge is 2.06. The summed E-state index contributed by atoms with van der Waals surface area (Å²) < 4.78 is 0. The highest BCUT2D eigenvalue weighted by atomic mass is 16.3. The topological polar surface area (TPSA) is 111 Å². The number of nitrogens with one attached hydrogen (secondary N) is 1. The van der Waals surface area contributed by atoms with Gasteiger partial charge in [-0.1, -0.05) is 38.1 Å². The zero-order valence-corrected chi connectivity index (χ0v) is 19.3. The first kappa shape index (κ1) is 23.6. The number of guanidine groups is 1. The molecule has 0 saturated heterocycles. The van der Waals surface area contributed by atoms with Crippen LogP contribution in [0.25, 0.3) is 11.1 Å². The van der Waals surface area contributed by atoms with Gasteiger partial charge in [-0.25, -0.2) is 10.8 Å². The van der Waals surface area contributed by atoms with E-state index in [2.05, 4.69) is 39.2 Å². The first-order chi connectivity index (χ1) is 15.9. The molecule has 8 heteroatoms. The summed E-state index contributed by atoms with van der Waals surface area (Å²) >= 11 is 0. The molecule has 3 aromatic rings. The Kier molecular flexibility index (Phi) is 7.88. The summed E-state index contributed by atoms with van der Waals surface area (Å²) in [5, 5.41) is 18.3. The Morgan fingerprint density at radius 2 is 1.79 bits per heavy atom. The average Bonchev–Trinajstić information content (AvgIpc) is 2.82. The molecule has 2 aromatic carbocycles. The van der Waals surface area contributed by atoms with Crippen molar-refractivity contribution < 1.29 is 5.11 Å². The third kappa shape index (κ3) is 6.72. The number of aromatic hydroxyl groups is 1. The van der Waals surface area contributed by atoms with E-state index >= 15 is 0 Å². The Morgan fingerprint density at radius 1 is 1.06 bits per heavy atom. The molecule has 0 spiro atoms. The molecular weight excluding hydrogens is 414 g/mol. The van der Waals surface area contributed by atoms with E-state index in [1.807, 2.05) is 55.5 Å². The first-order valence-corrected chi connectivity index (χ1v) is 10.6. The van der Waals surface area contributed by atoms with Crippen LogP contribution in [0.3, 0.4) is 0 Å². The van der Waals surface area contributed by atoms with Gasteiger partial charge in [-0.2, -0.15) is 10.2 Å². The minimum absolute atomic E-state index is 0.249. The minimum Gasteiger partial charge on any atom is -0.508 e. The molecule has 8 nitrogen and oxygen atoms in total. The van der Waals surface area contributed by atoms with Crippen LogP contribution in [0.4, 0.5) is 11.4 Å². The third-order valence-corrected chi connectivity index (χ3v) is 4.97. The van der Waals surface area contributed by atoms with Gasteiger partial charge in [0.1, 0.15) is 5.75 Å². The van der Waals surface area contributed by atoms with Crippen molar-refractivity contribution in [3.05, 3.63) is 72.6 Å². The predicted molar refractivity (Wildman–Crippen MR) is 136 cm³/mol. The van der Waals surface area contributed by atoms with E-state index < -0.39 is 0 Å². The van der Waals surface area contributed by atoms with E-state index in [1.54, 1.807) is 31.6 Å². The Bertz CT molecular complexity index is 1150. The standard InChI is InChI=1S/C25H29N7O/c1-17(2)18(3)30-25(27-4)32(26)29-16-22-12-13-23(15-28-22)31-21-10-8-19(9-11-21)20-6-5-7-24(33)14-20/h5-17,31,33H,26H2,1-4H3/b27-25?,29-16+,30-18-. The van der Waals surface area contributed by atoms with Crippen molar-refractivity contribution in [2.45, 2.75) is 20.8 Å². The summed E-state index contributed by atoms with van der Waals surface area (Å²) in [6.45, 7) is 6.04. The van der Waals surface area contributed by atoms with E-state index in [-0.39, 0.29) is 5.75 Å². The van der Waals surface area contributed by atoms with Gasteiger partial charge in [0.15, 0.2) is 0 Å². The molecule has 0 unspecified atom stereocenters. The van der Waals surface area contributed by atoms with Crippen LogP contribution < -0.4 is 11.2 Å². The molecule has 0 amide bonds. The highest BCUT2D eigenvalue weighted by Crippen LogP contribution is 2.25. The van der Waals surface area contributed by atoms with E-state index in [1.165, 1.54) is 0 Å². The number of pyridine rings is 1. The van der Waals surface area contributed by atoms with Gasteiger partial charge in [0, 0.05) is 18.4 Å². The minimum atomic E-state index is 0.249. The maximum atomic E-state index is 9.66. The monoisotopic (exact) mass is 443 g/mol. The summed E-state index contributed by atoms with van der Waals surface area (Å²) in [5.41, 5.74) is 5.32. The molecule has 0 radical (unpaired) electrons. The van der Waals surface area contributed by atoms with Crippen molar-refractivity contribution in [3.63, 3.8) is 0 Å². The average molecular weight is 444 g/mol. The number of hydrogen-bond donors (Lipinski definition) is 3. The summed E-state index contributed by atoms with van der Waals surface area (Å²) in [4.78, 5) is 12.9. The lowest BCUT2D eigenvalue weighted by atomic mass is 10.1. The number of nitrogens with two attached hydrogens (primary N) is 1. The van der Waals surface area contributed by atoms with Gasteiger partial charge in [-0.15, -0.1) is 0 Å². The smallest absolute Gasteiger partial charge is 0.256 e. The number of rotatable bonds is 6. The summed E-state index contributed by atoms with van der Waals surface area (Å²) in [6.07, 6.45) is 3.28. The molecule has 1 heterocycles. The van der Waals surface area contributed by atoms with Crippen molar-refractivity contribution in [2.24, 2.45) is 26.8 Å². The molecule has 0 atom stereocenters. The number of phenols is 1. The second-order valence-corrected chi connectivity index (χ2v) is 7.75. The fraction of sp³-hybridized carbons (Fsp3) is 0.200. The second kappa shape index (κ2) is 11.0. The van der Waals surface area contributed by atoms with E-state index in [0.717, 1.165) is 33.3 Å². The Hall–Kier alpha value is -4.04. The van der Waals surface area contributed by atoms with Crippen LogP contribution in [0.2, 0.25) is 0 Å². The second-order valence-electron chi connectivity index (χ2n) is 7.75. The molecule has 33 heavy (non-hydrogen) atoms. The number of phenolic OH excluding ortho intramolecular Hbond substituents is 1. The van der Waals surface area contributed by atoms with Gasteiger partial charge in [0.05, 0.1) is 23.8 Å². The van der Waals surface area contributed by atoms with Crippen LogP contribution in [0, 0.1) is 5.92 Å². The van der Waals surface area contributed by atoms with Crippen LogP contribution in [-0.2, 0) is 0 Å². The number of hydrazine groups is 1. The van der Waals surface area contributed by atoms with Crippen LogP contribution in [0.15, 0.2) is 81.9 Å². The molecule has 0 bridgehead atoms. The molecule has 3 rings (SSSR count). The summed E-state index contributed by atoms with van der Waals surface area (Å²) in [7, 11) is 1.62. The number of aliphatic imine (C=N–C) groups is 2. The molecule has 4 N–H and O–H groups in total. The quantitative estimate of drug-likeness (QED) is 0.219. The van der Waals surface area contributed by atoms with Crippen LogP contribution in [0.5, 0.6) is 5.75 Å². The number of benzene rings is 2. The fourth-order valence-electron chi connectivity index (χ4n) is 2.82. The molecule has 1 aromatic heterocycles. The van der Waals surface area contributed by atoms with Crippen LogP contribution in [0.1, 0.15) is 26.5 Å². The molecule has 0 aliphatic heterocycles. The molecule has 0 saturated carbocycles. The number of hydrogen-bond acceptors (Lipinski definition) is 6. The van der Waals surface area contributed by atoms with E-state index in [0.29, 0.717) is 17.6 Å². The largest absolute Gasteiger partial charge is 0.508 e. The third-order valence-electron chi connectivity index (χ3n) is 4.97. The summed E-state index contributed by atoms with van der Waals surface area (Å²) in [6, 6.07) is 18.9. The fourth-order valence-corrected chi connectivity index (χ4v) is 2.82. The maximum Gasteiger partial charge on any atom is 0.256 e. The van der Waals surface area contributed by atoms with Gasteiger partial charge < -0.3 is 10.4 Å². The first-order valence-electron chi connectivity index (χ1n) is 10.6. The van der Waals surface area contributed by atoms with Crippen LogP contribution >= 0.6 is 0 Å².